The van der Waals surface area contributed by atoms with E-state index in [4.69, 9.17) is 0 Å². The summed E-state index contributed by atoms with van der Waals surface area (Å²) in [4.78, 5) is 0. The van der Waals surface area contributed by atoms with Gasteiger partial charge in [0.25, 0.3) is 0 Å². The fraction of sp³-hybridized carbons (Fsp3) is 0.0263. The van der Waals surface area contributed by atoms with E-state index in [1.165, 1.54) is 60.6 Å². The molecule has 9 rings (SSSR count). The second-order valence-corrected chi connectivity index (χ2v) is 11.1. The molecule has 0 unspecified atom stereocenters. The Hall–Kier alpha value is -5.33. The van der Waals surface area contributed by atoms with Crippen LogP contribution in [-0.2, 0) is 5.41 Å². The van der Waals surface area contributed by atoms with Gasteiger partial charge in [0.2, 0.25) is 6.71 Å². The van der Waals surface area contributed by atoms with Crippen LogP contribution in [0, 0.1) is 11.3 Å². The molecule has 0 fully saturated rings. The summed E-state index contributed by atoms with van der Waals surface area (Å²) in [6.07, 6.45) is 0. The summed E-state index contributed by atoms with van der Waals surface area (Å²) in [6.45, 7) is 0.0190. The van der Waals surface area contributed by atoms with Crippen LogP contribution in [0.15, 0.2) is 140 Å². The maximum Gasteiger partial charge on any atom is 0.247 e. The second kappa shape index (κ2) is 8.10. The van der Waals surface area contributed by atoms with Gasteiger partial charge < -0.3 is 4.57 Å². The Balaban J connectivity index is 1.57. The van der Waals surface area contributed by atoms with E-state index in [0.29, 0.717) is 0 Å². The minimum atomic E-state index is -0.652. The standard InChI is InChI=1S/C38H23BN2/c40-24-25-22-23-34-36-35(25)38(26-12-3-1-4-13-26,27-14-5-2-6-15-27)30-18-8-9-19-31(30)39(36)32-20-11-17-29-28-16-7-10-21-33(28)41(34)37(29)32/h1-23H. The number of benzene rings is 6. The second-order valence-electron chi connectivity index (χ2n) is 11.1. The van der Waals surface area contributed by atoms with Gasteiger partial charge in [0.15, 0.2) is 0 Å². The SMILES string of the molecule is N#Cc1ccc2c3c1C(c1ccccc1)(c1ccccc1)c1ccccc1B3c1cccc3c4ccccc4n-2c13. The summed E-state index contributed by atoms with van der Waals surface area (Å²) in [6, 6.07) is 52.8. The van der Waals surface area contributed by atoms with Gasteiger partial charge in [-0.3, -0.25) is 0 Å². The first kappa shape index (κ1) is 22.5. The summed E-state index contributed by atoms with van der Waals surface area (Å²) < 4.78 is 2.45. The number of fused-ring (bicyclic) bond motifs is 7. The molecule has 0 amide bonds. The molecule has 2 aliphatic heterocycles. The monoisotopic (exact) mass is 518 g/mol. The lowest BCUT2D eigenvalue weighted by Gasteiger charge is -2.46. The van der Waals surface area contributed by atoms with Crippen LogP contribution in [-0.4, -0.2) is 11.3 Å². The lowest BCUT2D eigenvalue weighted by atomic mass is 9.29. The first-order valence-corrected chi connectivity index (χ1v) is 14.1. The van der Waals surface area contributed by atoms with Gasteiger partial charge in [0, 0.05) is 22.0 Å². The molecule has 0 saturated carbocycles. The predicted octanol–water partition coefficient (Wildman–Crippen LogP) is 6.18. The third kappa shape index (κ3) is 2.67. The van der Waals surface area contributed by atoms with Gasteiger partial charge in [-0.05, 0) is 51.4 Å². The number of rotatable bonds is 2. The van der Waals surface area contributed by atoms with Crippen molar-refractivity contribution in [1.82, 2.24) is 4.57 Å². The Morgan fingerprint density at radius 3 is 1.98 bits per heavy atom. The molecule has 0 bridgehead atoms. The third-order valence-electron chi connectivity index (χ3n) is 9.37. The summed E-state index contributed by atoms with van der Waals surface area (Å²) >= 11 is 0. The molecule has 0 aliphatic carbocycles. The van der Waals surface area contributed by atoms with E-state index in [9.17, 15) is 5.26 Å². The predicted molar refractivity (Wildman–Crippen MR) is 168 cm³/mol. The number of para-hydroxylation sites is 2. The Morgan fingerprint density at radius 1 is 0.585 bits per heavy atom. The van der Waals surface area contributed by atoms with Crippen molar-refractivity contribution in [3.8, 4) is 11.8 Å². The summed E-state index contributed by atoms with van der Waals surface area (Å²) in [5.41, 5.74) is 12.2. The fourth-order valence-corrected chi connectivity index (χ4v) is 7.97. The maximum absolute atomic E-state index is 10.8. The number of aromatic nitrogens is 1. The zero-order valence-corrected chi connectivity index (χ0v) is 22.3. The molecule has 0 spiro atoms. The van der Waals surface area contributed by atoms with Gasteiger partial charge in [-0.1, -0.05) is 127 Å². The van der Waals surface area contributed by atoms with Crippen LogP contribution in [0.25, 0.3) is 27.5 Å². The molecule has 2 nitrogen and oxygen atoms in total. The van der Waals surface area contributed by atoms with Gasteiger partial charge in [0.1, 0.15) is 0 Å². The summed E-state index contributed by atoms with van der Waals surface area (Å²) in [5, 5.41) is 13.3. The molecule has 0 saturated heterocycles. The van der Waals surface area contributed by atoms with Crippen LogP contribution in [0.4, 0.5) is 0 Å². The van der Waals surface area contributed by atoms with E-state index >= 15 is 0 Å². The van der Waals surface area contributed by atoms with E-state index in [2.05, 4.69) is 144 Å². The van der Waals surface area contributed by atoms with Crippen LogP contribution in [0.5, 0.6) is 0 Å². The maximum atomic E-state index is 10.8. The van der Waals surface area contributed by atoms with Crippen molar-refractivity contribution in [2.24, 2.45) is 0 Å². The van der Waals surface area contributed by atoms with Gasteiger partial charge in [0.05, 0.1) is 22.6 Å². The number of nitrogens with zero attached hydrogens (tertiary/aromatic N) is 2. The topological polar surface area (TPSA) is 28.7 Å². The van der Waals surface area contributed by atoms with Crippen LogP contribution in [0.1, 0.15) is 27.8 Å². The molecular weight excluding hydrogens is 495 g/mol. The molecule has 41 heavy (non-hydrogen) atoms. The van der Waals surface area contributed by atoms with Crippen LogP contribution in [0.2, 0.25) is 0 Å². The van der Waals surface area contributed by atoms with Crippen molar-refractivity contribution in [1.29, 1.82) is 5.26 Å². The number of hydrogen-bond acceptors (Lipinski definition) is 1. The summed E-state index contributed by atoms with van der Waals surface area (Å²) in [5.74, 6) is 0. The van der Waals surface area contributed by atoms with E-state index in [0.717, 1.165) is 11.1 Å². The molecule has 2 aliphatic rings. The highest BCUT2D eigenvalue weighted by molar-refractivity contribution is 6.99. The van der Waals surface area contributed by atoms with Gasteiger partial charge >= 0.3 is 0 Å². The Morgan fingerprint density at radius 2 is 1.22 bits per heavy atom. The first-order chi connectivity index (χ1) is 20.3. The highest BCUT2D eigenvalue weighted by Gasteiger charge is 2.51. The molecule has 0 atom stereocenters. The van der Waals surface area contributed by atoms with Crippen LogP contribution >= 0.6 is 0 Å². The molecule has 3 heterocycles. The normalized spacial score (nSPS) is 14.0. The van der Waals surface area contributed by atoms with E-state index < -0.39 is 5.41 Å². The van der Waals surface area contributed by atoms with Crippen LogP contribution in [0.3, 0.4) is 0 Å². The molecular formula is C38H23BN2. The number of nitriles is 1. The Labute approximate surface area is 238 Å². The minimum absolute atomic E-state index is 0.0190. The Kier molecular flexibility index (Phi) is 4.44. The Bertz CT molecular complexity index is 2180. The van der Waals surface area contributed by atoms with Crippen molar-refractivity contribution in [2.75, 3.05) is 0 Å². The molecule has 188 valence electrons. The van der Waals surface area contributed by atoms with E-state index in [-0.39, 0.29) is 6.71 Å². The highest BCUT2D eigenvalue weighted by Crippen LogP contribution is 2.48. The number of hydrogen-bond donors (Lipinski definition) is 0. The molecule has 6 aromatic carbocycles. The molecule has 3 heteroatoms. The molecule has 7 aromatic rings. The zero-order chi connectivity index (χ0) is 27.1. The average Bonchev–Trinajstić information content (AvgIpc) is 3.39. The van der Waals surface area contributed by atoms with Crippen molar-refractivity contribution in [2.45, 2.75) is 5.41 Å². The smallest absolute Gasteiger partial charge is 0.247 e. The van der Waals surface area contributed by atoms with Crippen molar-refractivity contribution < 1.29 is 0 Å². The third-order valence-corrected chi connectivity index (χ3v) is 9.37. The van der Waals surface area contributed by atoms with Gasteiger partial charge in [-0.15, -0.1) is 0 Å². The molecule has 0 N–H and O–H groups in total. The van der Waals surface area contributed by atoms with Crippen molar-refractivity contribution in [3.63, 3.8) is 0 Å². The van der Waals surface area contributed by atoms with Gasteiger partial charge in [-0.2, -0.15) is 5.26 Å². The van der Waals surface area contributed by atoms with Gasteiger partial charge in [-0.25, -0.2) is 0 Å². The van der Waals surface area contributed by atoms with Crippen molar-refractivity contribution >= 4 is 44.9 Å². The fourth-order valence-electron chi connectivity index (χ4n) is 7.97. The lowest BCUT2D eigenvalue weighted by Crippen LogP contribution is -2.64. The van der Waals surface area contributed by atoms with E-state index in [1.54, 1.807) is 0 Å². The molecule has 0 radical (unpaired) electrons. The van der Waals surface area contributed by atoms with E-state index in [1.807, 2.05) is 6.07 Å². The van der Waals surface area contributed by atoms with Crippen LogP contribution < -0.4 is 16.4 Å². The minimum Gasteiger partial charge on any atom is -0.310 e. The average molecular weight is 518 g/mol. The largest absolute Gasteiger partial charge is 0.310 e. The lowest BCUT2D eigenvalue weighted by molar-refractivity contribution is 0.747. The first-order valence-electron chi connectivity index (χ1n) is 14.1. The summed E-state index contributed by atoms with van der Waals surface area (Å²) in [7, 11) is 0. The highest BCUT2D eigenvalue weighted by atomic mass is 15.0. The van der Waals surface area contributed by atoms with Crippen molar-refractivity contribution in [3.05, 3.63) is 167 Å². The molecule has 1 aromatic heterocycles. The zero-order valence-electron chi connectivity index (χ0n) is 22.3. The quantitative estimate of drug-likeness (QED) is 0.251.